The highest BCUT2D eigenvalue weighted by atomic mass is 19.1. The molecule has 0 radical (unpaired) electrons. The van der Waals surface area contributed by atoms with Crippen LogP contribution in [-0.4, -0.2) is 41.5 Å². The van der Waals surface area contributed by atoms with Gasteiger partial charge >= 0.3 is 0 Å². The molecular formula is C23H24FN3O3. The number of methoxy groups -OCH3 is 2. The van der Waals surface area contributed by atoms with Crippen molar-refractivity contribution in [3.8, 4) is 22.8 Å². The molecule has 1 atom stereocenters. The Balaban J connectivity index is 1.65. The van der Waals surface area contributed by atoms with Gasteiger partial charge in [0.25, 0.3) is 5.91 Å². The minimum Gasteiger partial charge on any atom is -0.493 e. The summed E-state index contributed by atoms with van der Waals surface area (Å²) in [6, 6.07) is 11.5. The second-order valence-electron chi connectivity index (χ2n) is 7.24. The van der Waals surface area contributed by atoms with Gasteiger partial charge in [0, 0.05) is 12.1 Å². The molecule has 2 heterocycles. The van der Waals surface area contributed by atoms with Crippen LogP contribution in [0.15, 0.2) is 48.7 Å². The number of carbonyl (C=O) groups is 1. The second kappa shape index (κ2) is 8.57. The highest BCUT2D eigenvalue weighted by molar-refractivity contribution is 5.98. The molecule has 7 heteroatoms. The van der Waals surface area contributed by atoms with Gasteiger partial charge in [0.2, 0.25) is 0 Å². The molecule has 1 fully saturated rings. The summed E-state index contributed by atoms with van der Waals surface area (Å²) in [6.07, 6.45) is 4.41. The van der Waals surface area contributed by atoms with Gasteiger partial charge in [-0.1, -0.05) is 18.2 Å². The van der Waals surface area contributed by atoms with Crippen LogP contribution in [0.2, 0.25) is 0 Å². The van der Waals surface area contributed by atoms with Crippen molar-refractivity contribution >= 4 is 5.91 Å². The van der Waals surface area contributed by atoms with Crippen molar-refractivity contribution < 1.29 is 18.7 Å². The van der Waals surface area contributed by atoms with E-state index in [1.807, 2.05) is 11.0 Å². The average Bonchev–Trinajstić information content (AvgIpc) is 3.28. The van der Waals surface area contributed by atoms with E-state index in [9.17, 15) is 9.18 Å². The number of aromatic amines is 1. The molecule has 1 amide bonds. The number of hydrogen-bond donors (Lipinski definition) is 1. The van der Waals surface area contributed by atoms with E-state index in [-0.39, 0.29) is 17.8 Å². The standard InChI is InChI=1S/C23H24FN3O3/c1-29-20-11-6-9-17(21(20)30-2)23(28)27-12-4-3-10-19(27)22-25-14-18(26-22)15-7-5-8-16(24)13-15/h5-9,11,13-14,19H,3-4,10,12H2,1-2H3,(H,25,26)/t19-/m0/s1. The number of nitrogens with zero attached hydrogens (tertiary/aromatic N) is 2. The van der Waals surface area contributed by atoms with E-state index in [0.717, 1.165) is 30.5 Å². The lowest BCUT2D eigenvalue weighted by Gasteiger charge is -2.35. The van der Waals surface area contributed by atoms with Crippen molar-refractivity contribution in [1.82, 2.24) is 14.9 Å². The molecule has 0 spiro atoms. The van der Waals surface area contributed by atoms with Gasteiger partial charge in [-0.05, 0) is 43.5 Å². The first-order valence-electron chi connectivity index (χ1n) is 9.95. The quantitative estimate of drug-likeness (QED) is 0.669. The Hall–Kier alpha value is -3.35. The van der Waals surface area contributed by atoms with Crippen molar-refractivity contribution in [2.75, 3.05) is 20.8 Å². The van der Waals surface area contributed by atoms with Crippen molar-refractivity contribution in [3.63, 3.8) is 0 Å². The molecule has 6 nitrogen and oxygen atoms in total. The highest BCUT2D eigenvalue weighted by Gasteiger charge is 2.32. The summed E-state index contributed by atoms with van der Waals surface area (Å²) >= 11 is 0. The minimum atomic E-state index is -0.303. The van der Waals surface area contributed by atoms with Crippen LogP contribution in [0.1, 0.15) is 41.5 Å². The fourth-order valence-electron chi connectivity index (χ4n) is 3.98. The molecule has 1 aliphatic heterocycles. The van der Waals surface area contributed by atoms with E-state index in [1.54, 1.807) is 37.6 Å². The molecular weight excluding hydrogens is 385 g/mol. The first kappa shape index (κ1) is 19.9. The molecule has 0 unspecified atom stereocenters. The number of halogens is 1. The molecule has 1 aliphatic rings. The molecule has 0 saturated carbocycles. The Bertz CT molecular complexity index is 1050. The predicted molar refractivity (Wildman–Crippen MR) is 111 cm³/mol. The lowest BCUT2D eigenvalue weighted by Crippen LogP contribution is -2.39. The predicted octanol–water partition coefficient (Wildman–Crippen LogP) is 4.60. The van der Waals surface area contributed by atoms with Gasteiger partial charge in [-0.3, -0.25) is 4.79 Å². The molecule has 1 saturated heterocycles. The Kier molecular flexibility index (Phi) is 5.70. The SMILES string of the molecule is COc1cccc(C(=O)N2CCCC[C@H]2c2ncc(-c3cccc(F)c3)[nH]2)c1OC. The van der Waals surface area contributed by atoms with Gasteiger partial charge < -0.3 is 19.4 Å². The maximum Gasteiger partial charge on any atom is 0.258 e. The number of rotatable bonds is 5. The molecule has 156 valence electrons. The van der Waals surface area contributed by atoms with Gasteiger partial charge in [-0.25, -0.2) is 9.37 Å². The Labute approximate surface area is 174 Å². The number of aromatic nitrogens is 2. The number of nitrogens with one attached hydrogen (secondary N) is 1. The third kappa shape index (κ3) is 3.75. The van der Waals surface area contributed by atoms with Crippen LogP contribution in [-0.2, 0) is 0 Å². The lowest BCUT2D eigenvalue weighted by molar-refractivity contribution is 0.0597. The maximum absolute atomic E-state index is 13.6. The topological polar surface area (TPSA) is 67.5 Å². The normalized spacial score (nSPS) is 16.4. The number of amides is 1. The van der Waals surface area contributed by atoms with Gasteiger partial charge in [0.15, 0.2) is 11.5 Å². The molecule has 30 heavy (non-hydrogen) atoms. The van der Waals surface area contributed by atoms with Crippen LogP contribution in [0.4, 0.5) is 4.39 Å². The summed E-state index contributed by atoms with van der Waals surface area (Å²) in [5.41, 5.74) is 1.90. The maximum atomic E-state index is 13.6. The lowest BCUT2D eigenvalue weighted by atomic mass is 9.99. The number of H-pyrrole nitrogens is 1. The number of hydrogen-bond acceptors (Lipinski definition) is 4. The fraction of sp³-hybridized carbons (Fsp3) is 0.304. The van der Waals surface area contributed by atoms with Crippen molar-refractivity contribution in [3.05, 3.63) is 65.9 Å². The number of benzene rings is 2. The van der Waals surface area contributed by atoms with Gasteiger partial charge in [0.1, 0.15) is 11.6 Å². The number of carbonyl (C=O) groups excluding carboxylic acids is 1. The summed E-state index contributed by atoms with van der Waals surface area (Å²) in [7, 11) is 3.08. The average molecular weight is 409 g/mol. The molecule has 3 aromatic rings. The van der Waals surface area contributed by atoms with Gasteiger partial charge in [-0.2, -0.15) is 0 Å². The molecule has 4 rings (SSSR count). The summed E-state index contributed by atoms with van der Waals surface area (Å²) in [6.45, 7) is 0.625. The molecule has 0 bridgehead atoms. The molecule has 1 aromatic heterocycles. The smallest absolute Gasteiger partial charge is 0.258 e. The zero-order valence-electron chi connectivity index (χ0n) is 17.0. The van der Waals surface area contributed by atoms with Crippen LogP contribution < -0.4 is 9.47 Å². The van der Waals surface area contributed by atoms with Crippen molar-refractivity contribution in [1.29, 1.82) is 0 Å². The van der Waals surface area contributed by atoms with Crippen molar-refractivity contribution in [2.24, 2.45) is 0 Å². The molecule has 2 aromatic carbocycles. The second-order valence-corrected chi connectivity index (χ2v) is 7.24. The first-order chi connectivity index (χ1) is 14.6. The zero-order chi connectivity index (χ0) is 21.1. The first-order valence-corrected chi connectivity index (χ1v) is 9.95. The van der Waals surface area contributed by atoms with E-state index < -0.39 is 0 Å². The highest BCUT2D eigenvalue weighted by Crippen LogP contribution is 2.36. The van der Waals surface area contributed by atoms with Crippen molar-refractivity contribution in [2.45, 2.75) is 25.3 Å². The summed E-state index contributed by atoms with van der Waals surface area (Å²) < 4.78 is 24.4. The number of likely N-dealkylation sites (tertiary alicyclic amines) is 1. The molecule has 1 N–H and O–H groups in total. The number of imidazole rings is 1. The Morgan fingerprint density at radius 1 is 1.17 bits per heavy atom. The van der Waals surface area contributed by atoms with Crippen LogP contribution in [0.5, 0.6) is 11.5 Å². The van der Waals surface area contributed by atoms with Gasteiger partial charge in [0.05, 0.1) is 37.7 Å². The third-order valence-electron chi connectivity index (χ3n) is 5.44. The van der Waals surface area contributed by atoms with Crippen LogP contribution in [0.3, 0.4) is 0 Å². The zero-order valence-corrected chi connectivity index (χ0v) is 17.0. The Morgan fingerprint density at radius 3 is 2.77 bits per heavy atom. The monoisotopic (exact) mass is 409 g/mol. The summed E-state index contributed by atoms with van der Waals surface area (Å²) in [5.74, 6) is 1.21. The fourth-order valence-corrected chi connectivity index (χ4v) is 3.98. The van der Waals surface area contributed by atoms with E-state index in [1.165, 1.54) is 19.2 Å². The van der Waals surface area contributed by atoms with E-state index >= 15 is 0 Å². The van der Waals surface area contributed by atoms with Crippen LogP contribution >= 0.6 is 0 Å². The van der Waals surface area contributed by atoms with Gasteiger partial charge in [-0.15, -0.1) is 0 Å². The largest absolute Gasteiger partial charge is 0.493 e. The van der Waals surface area contributed by atoms with Crippen LogP contribution in [0.25, 0.3) is 11.3 Å². The van der Waals surface area contributed by atoms with E-state index in [2.05, 4.69) is 9.97 Å². The minimum absolute atomic E-state index is 0.126. The number of ether oxygens (including phenoxy) is 2. The van der Waals surface area contributed by atoms with Crippen LogP contribution in [0, 0.1) is 5.82 Å². The van der Waals surface area contributed by atoms with E-state index in [4.69, 9.17) is 9.47 Å². The number of piperidine rings is 1. The Morgan fingerprint density at radius 2 is 2.00 bits per heavy atom. The van der Waals surface area contributed by atoms with E-state index in [0.29, 0.717) is 29.4 Å². The number of para-hydroxylation sites is 1. The summed E-state index contributed by atoms with van der Waals surface area (Å²) in [4.78, 5) is 23.1. The third-order valence-corrected chi connectivity index (χ3v) is 5.44. The summed E-state index contributed by atoms with van der Waals surface area (Å²) in [5, 5.41) is 0. The molecule has 0 aliphatic carbocycles.